The molecule has 1 aromatic rings. The molecule has 1 aromatic carbocycles. The van der Waals surface area contributed by atoms with Crippen LogP contribution in [0.3, 0.4) is 0 Å². The monoisotopic (exact) mass is 582 g/mol. The number of esters is 2. The van der Waals surface area contributed by atoms with E-state index in [0.29, 0.717) is 0 Å². The Morgan fingerprint density at radius 3 is 1.63 bits per heavy atom. The molecular weight excluding hydrogens is 567 g/mol. The highest BCUT2D eigenvalue weighted by Gasteiger charge is 2.91. The molecule has 0 saturated carbocycles. The van der Waals surface area contributed by atoms with Crippen molar-refractivity contribution in [3.8, 4) is 0 Å². The third kappa shape index (κ3) is 4.43. The summed E-state index contributed by atoms with van der Waals surface area (Å²) in [5.41, 5.74) is -6.66. The van der Waals surface area contributed by atoms with Gasteiger partial charge in [0.2, 0.25) is 0 Å². The van der Waals surface area contributed by atoms with Gasteiger partial charge in [-0.3, -0.25) is 0 Å². The van der Waals surface area contributed by atoms with Crippen molar-refractivity contribution in [2.75, 3.05) is 13.2 Å². The van der Waals surface area contributed by atoms with Crippen molar-refractivity contribution < 1.29 is 80.9 Å². The molecule has 1 heterocycles. The van der Waals surface area contributed by atoms with Gasteiger partial charge in [-0.2, -0.15) is 57.1 Å². The van der Waals surface area contributed by atoms with Gasteiger partial charge < -0.3 is 14.2 Å². The molecule has 0 aromatic heterocycles. The number of carbonyl (C=O) groups excluding carboxylic acids is 2. The highest BCUT2D eigenvalue weighted by Crippen LogP contribution is 2.62. The van der Waals surface area contributed by atoms with E-state index in [2.05, 4.69) is 9.47 Å². The molecule has 1 aliphatic rings. The summed E-state index contributed by atoms with van der Waals surface area (Å²) in [6, 6.07) is -0.332. The van der Waals surface area contributed by atoms with Gasteiger partial charge in [-0.15, -0.1) is 0 Å². The summed E-state index contributed by atoms with van der Waals surface area (Å²) in [4.78, 5) is 24.6. The van der Waals surface area contributed by atoms with Crippen molar-refractivity contribution in [3.63, 3.8) is 0 Å². The van der Waals surface area contributed by atoms with Crippen LogP contribution in [0.25, 0.3) is 0 Å². The molecule has 0 saturated heterocycles. The molecule has 0 amide bonds. The number of halogens is 13. The summed E-state index contributed by atoms with van der Waals surface area (Å²) in [6.45, 7) is -0.417. The van der Waals surface area contributed by atoms with Gasteiger partial charge in [0.05, 0.1) is 37.6 Å². The van der Waals surface area contributed by atoms with Gasteiger partial charge in [0.15, 0.2) is 0 Å². The third-order valence-electron chi connectivity index (χ3n) is 5.29. The topological polar surface area (TPSA) is 61.8 Å². The van der Waals surface area contributed by atoms with Crippen LogP contribution in [0.5, 0.6) is 0 Å². The minimum absolute atomic E-state index is 0.332. The maximum atomic E-state index is 15.1. The lowest BCUT2D eigenvalue weighted by Crippen LogP contribution is -2.69. The first kappa shape index (κ1) is 31.4. The number of hydrogen-bond acceptors (Lipinski definition) is 5. The first-order valence-electron chi connectivity index (χ1n) is 10.1. The smallest absolute Gasteiger partial charge is 0.460 e. The number of carbonyl (C=O) groups is 2. The number of ether oxygens (including phenoxy) is 3. The van der Waals surface area contributed by atoms with Crippen LogP contribution in [0.1, 0.15) is 51.3 Å². The summed E-state index contributed by atoms with van der Waals surface area (Å²) >= 11 is 0. The molecule has 1 aliphatic heterocycles. The van der Waals surface area contributed by atoms with Crippen LogP contribution in [0, 0.1) is 0 Å². The number of benzene rings is 1. The second-order valence-electron chi connectivity index (χ2n) is 7.61. The molecule has 0 atom stereocenters. The SMILES string of the molecule is CCOC(=O)c1cc(C(F)(F)C(F)(F)C(F)(F)C(F)(F)C(F)(F)C(F)(F)F)c(C(=O)OCC)c2c1COC2. The fraction of sp³-hybridized carbons (Fsp3) is 0.600. The van der Waals surface area contributed by atoms with Crippen LogP contribution in [0.4, 0.5) is 57.1 Å². The Kier molecular flexibility index (Phi) is 8.06. The fourth-order valence-corrected chi connectivity index (χ4v) is 3.37. The van der Waals surface area contributed by atoms with Gasteiger partial charge in [-0.1, -0.05) is 0 Å². The summed E-state index contributed by atoms with van der Waals surface area (Å²) in [6.07, 6.45) is -7.58. The Hall–Kier alpha value is -2.79. The summed E-state index contributed by atoms with van der Waals surface area (Å²) in [7, 11) is 0. The second-order valence-corrected chi connectivity index (χ2v) is 7.61. The van der Waals surface area contributed by atoms with E-state index in [1.165, 1.54) is 6.92 Å². The van der Waals surface area contributed by atoms with Gasteiger partial charge in [-0.25, -0.2) is 9.59 Å². The van der Waals surface area contributed by atoms with Gasteiger partial charge in [0.1, 0.15) is 0 Å². The van der Waals surface area contributed by atoms with Crippen molar-refractivity contribution in [2.45, 2.75) is 62.9 Å². The van der Waals surface area contributed by atoms with E-state index >= 15 is 8.78 Å². The Balaban J connectivity index is 2.92. The lowest BCUT2D eigenvalue weighted by Gasteiger charge is -2.40. The van der Waals surface area contributed by atoms with Crippen LogP contribution in [0.15, 0.2) is 6.07 Å². The zero-order chi connectivity index (χ0) is 29.7. The molecule has 0 bridgehead atoms. The van der Waals surface area contributed by atoms with E-state index in [-0.39, 0.29) is 6.07 Å². The van der Waals surface area contributed by atoms with Gasteiger partial charge in [0.25, 0.3) is 0 Å². The van der Waals surface area contributed by atoms with Gasteiger partial charge in [0, 0.05) is 5.56 Å². The molecule has 0 unspecified atom stereocenters. The minimum atomic E-state index is -8.14. The molecule has 0 fully saturated rings. The van der Waals surface area contributed by atoms with E-state index in [1.807, 2.05) is 0 Å². The molecule has 216 valence electrons. The van der Waals surface area contributed by atoms with E-state index in [4.69, 9.17) is 4.74 Å². The van der Waals surface area contributed by atoms with Crippen LogP contribution in [-0.2, 0) is 33.3 Å². The summed E-state index contributed by atoms with van der Waals surface area (Å²) < 4.78 is 192. The van der Waals surface area contributed by atoms with Gasteiger partial charge >= 0.3 is 47.7 Å². The molecule has 18 heteroatoms. The number of rotatable bonds is 9. The fourth-order valence-electron chi connectivity index (χ4n) is 3.37. The predicted octanol–water partition coefficient (Wildman–Crippen LogP) is 6.27. The molecule has 5 nitrogen and oxygen atoms in total. The lowest BCUT2D eigenvalue weighted by molar-refractivity contribution is -0.441. The van der Waals surface area contributed by atoms with E-state index in [1.54, 1.807) is 0 Å². The quantitative estimate of drug-likeness (QED) is 0.254. The highest BCUT2D eigenvalue weighted by molar-refractivity contribution is 5.98. The molecular formula is C20H15F13O5. The van der Waals surface area contributed by atoms with E-state index < -0.39 is 102 Å². The zero-order valence-corrected chi connectivity index (χ0v) is 18.9. The molecule has 0 aliphatic carbocycles. The first-order valence-corrected chi connectivity index (χ1v) is 10.1. The van der Waals surface area contributed by atoms with Gasteiger partial charge in [-0.05, 0) is 31.0 Å². The van der Waals surface area contributed by atoms with Crippen molar-refractivity contribution in [2.24, 2.45) is 0 Å². The van der Waals surface area contributed by atoms with Crippen molar-refractivity contribution in [3.05, 3.63) is 33.9 Å². The molecule has 0 N–H and O–H groups in total. The molecule has 0 spiro atoms. The Labute approximate surface area is 203 Å². The van der Waals surface area contributed by atoms with Crippen molar-refractivity contribution in [1.82, 2.24) is 0 Å². The summed E-state index contributed by atoms with van der Waals surface area (Å²) in [5, 5.41) is 0. The average Bonchev–Trinajstić information content (AvgIpc) is 3.26. The van der Waals surface area contributed by atoms with Crippen LogP contribution in [0.2, 0.25) is 0 Å². The van der Waals surface area contributed by atoms with Crippen molar-refractivity contribution in [1.29, 1.82) is 0 Å². The second kappa shape index (κ2) is 9.75. The Morgan fingerprint density at radius 2 is 1.16 bits per heavy atom. The normalized spacial score (nSPS) is 15.3. The minimum Gasteiger partial charge on any atom is -0.462 e. The summed E-state index contributed by atoms with van der Waals surface area (Å²) in [5.74, 6) is -42.2. The maximum absolute atomic E-state index is 15.1. The number of fused-ring (bicyclic) bond motifs is 1. The Bertz CT molecular complexity index is 1100. The highest BCUT2D eigenvalue weighted by atomic mass is 19.4. The van der Waals surface area contributed by atoms with E-state index in [9.17, 15) is 57.9 Å². The molecule has 2 rings (SSSR count). The van der Waals surface area contributed by atoms with E-state index in [0.717, 1.165) is 6.92 Å². The van der Waals surface area contributed by atoms with Crippen LogP contribution in [-0.4, -0.2) is 55.0 Å². The van der Waals surface area contributed by atoms with Crippen LogP contribution >= 0.6 is 0 Å². The Morgan fingerprint density at radius 1 is 0.711 bits per heavy atom. The van der Waals surface area contributed by atoms with Crippen molar-refractivity contribution >= 4 is 11.9 Å². The standard InChI is InChI=1S/C20H15F13O5/c1-3-37-13(34)8-5-11(12(14(35)38-4-2)10-7-36-6-9(8)10)15(21,22)16(23,24)17(25,26)18(27,28)19(29,30)20(31,32)33/h5H,3-4,6-7H2,1-2H3. The zero-order valence-electron chi connectivity index (χ0n) is 18.9. The first-order chi connectivity index (χ1) is 17.1. The predicted molar refractivity (Wildman–Crippen MR) is 96.6 cm³/mol. The third-order valence-corrected chi connectivity index (χ3v) is 5.29. The number of alkyl halides is 13. The average molecular weight is 582 g/mol. The molecule has 38 heavy (non-hydrogen) atoms. The number of hydrogen-bond donors (Lipinski definition) is 0. The molecule has 0 radical (unpaired) electrons. The maximum Gasteiger partial charge on any atom is 0.460 e. The largest absolute Gasteiger partial charge is 0.462 e. The van der Waals surface area contributed by atoms with Crippen LogP contribution < -0.4 is 0 Å². The lowest BCUT2D eigenvalue weighted by atomic mass is 9.84.